The Labute approximate surface area is 430 Å². The van der Waals surface area contributed by atoms with Gasteiger partial charge in [-0.05, 0) is 83.5 Å². The summed E-state index contributed by atoms with van der Waals surface area (Å²) in [6.07, 6.45) is 72.8. The molecular formula is C63H119NO5. The number of hydrogen-bond acceptors (Lipinski definition) is 5. The second kappa shape index (κ2) is 58.6. The van der Waals surface area contributed by atoms with E-state index in [1.54, 1.807) is 0 Å². The van der Waals surface area contributed by atoms with Crippen LogP contribution >= 0.6 is 0 Å². The van der Waals surface area contributed by atoms with Crippen LogP contribution in [0.5, 0.6) is 0 Å². The van der Waals surface area contributed by atoms with Gasteiger partial charge in [-0.2, -0.15) is 0 Å². The number of ether oxygens (including phenoxy) is 1. The third-order valence-electron chi connectivity index (χ3n) is 14.2. The lowest BCUT2D eigenvalue weighted by atomic mass is 10.0. The lowest BCUT2D eigenvalue weighted by Gasteiger charge is -2.22. The molecule has 0 fully saturated rings. The summed E-state index contributed by atoms with van der Waals surface area (Å²) in [4.78, 5) is 24.5. The molecule has 0 saturated heterocycles. The molecule has 1 amide bonds. The van der Waals surface area contributed by atoms with Crippen LogP contribution in [0, 0.1) is 0 Å². The Morgan fingerprint density at radius 3 is 1.13 bits per heavy atom. The highest BCUT2D eigenvalue weighted by Crippen LogP contribution is 2.17. The summed E-state index contributed by atoms with van der Waals surface area (Å²) in [6, 6.07) is -0.548. The molecule has 0 aliphatic heterocycles. The van der Waals surface area contributed by atoms with Crippen molar-refractivity contribution in [1.29, 1.82) is 0 Å². The summed E-state index contributed by atoms with van der Waals surface area (Å²) >= 11 is 0. The van der Waals surface area contributed by atoms with E-state index in [2.05, 4.69) is 55.6 Å². The van der Waals surface area contributed by atoms with Gasteiger partial charge in [-0.25, -0.2) is 0 Å². The topological polar surface area (TPSA) is 95.9 Å². The highest BCUT2D eigenvalue weighted by molar-refractivity contribution is 5.76. The number of aliphatic hydroxyl groups excluding tert-OH is 2. The van der Waals surface area contributed by atoms with Crippen molar-refractivity contribution in [3.63, 3.8) is 0 Å². The van der Waals surface area contributed by atoms with Gasteiger partial charge in [-0.1, -0.05) is 269 Å². The first-order valence-electron chi connectivity index (χ1n) is 30.7. The fourth-order valence-electron chi connectivity index (χ4n) is 9.43. The van der Waals surface area contributed by atoms with E-state index in [-0.39, 0.29) is 18.5 Å². The number of rotatable bonds is 57. The third kappa shape index (κ3) is 55.2. The predicted octanol–water partition coefficient (Wildman–Crippen LogP) is 19.2. The molecule has 0 aromatic heterocycles. The van der Waals surface area contributed by atoms with Crippen molar-refractivity contribution in [3.05, 3.63) is 36.5 Å². The van der Waals surface area contributed by atoms with Gasteiger partial charge in [0.15, 0.2) is 0 Å². The Morgan fingerprint density at radius 1 is 0.406 bits per heavy atom. The Bertz CT molecular complexity index is 1120. The molecule has 0 aliphatic carbocycles. The highest BCUT2D eigenvalue weighted by atomic mass is 16.5. The van der Waals surface area contributed by atoms with Gasteiger partial charge in [0.05, 0.1) is 25.4 Å². The van der Waals surface area contributed by atoms with Gasteiger partial charge in [0.2, 0.25) is 5.91 Å². The normalized spacial score (nSPS) is 12.8. The van der Waals surface area contributed by atoms with Crippen LogP contribution in [0.15, 0.2) is 36.5 Å². The lowest BCUT2D eigenvalue weighted by molar-refractivity contribution is -0.143. The third-order valence-corrected chi connectivity index (χ3v) is 14.2. The number of carbonyl (C=O) groups excluding carboxylic acids is 2. The summed E-state index contributed by atoms with van der Waals surface area (Å²) in [6.45, 7) is 4.93. The minimum atomic E-state index is -0.670. The zero-order chi connectivity index (χ0) is 50.0. The Kier molecular flexibility index (Phi) is 57.0. The van der Waals surface area contributed by atoms with Crippen LogP contribution in [0.3, 0.4) is 0 Å². The lowest BCUT2D eigenvalue weighted by Crippen LogP contribution is -2.45. The van der Waals surface area contributed by atoms with Crippen molar-refractivity contribution < 1.29 is 24.5 Å². The van der Waals surface area contributed by atoms with E-state index in [4.69, 9.17) is 4.74 Å². The summed E-state index contributed by atoms with van der Waals surface area (Å²) < 4.78 is 5.48. The van der Waals surface area contributed by atoms with E-state index in [1.807, 2.05) is 0 Å². The van der Waals surface area contributed by atoms with Crippen LogP contribution < -0.4 is 5.32 Å². The van der Waals surface area contributed by atoms with E-state index in [1.165, 1.54) is 244 Å². The number of amides is 1. The Balaban J connectivity index is 3.44. The molecule has 0 spiro atoms. The van der Waals surface area contributed by atoms with Crippen molar-refractivity contribution in [1.82, 2.24) is 5.32 Å². The number of carbonyl (C=O) groups is 2. The van der Waals surface area contributed by atoms with E-state index in [9.17, 15) is 19.8 Å². The van der Waals surface area contributed by atoms with E-state index < -0.39 is 12.1 Å². The van der Waals surface area contributed by atoms with Gasteiger partial charge in [-0.15, -0.1) is 0 Å². The van der Waals surface area contributed by atoms with Crippen LogP contribution in [0.1, 0.15) is 328 Å². The minimum absolute atomic E-state index is 0.00710. The van der Waals surface area contributed by atoms with Crippen molar-refractivity contribution in [2.75, 3.05) is 13.2 Å². The fraction of sp³-hybridized carbons (Fsp3) is 0.873. The number of hydrogen-bond donors (Lipinski definition) is 3. The molecule has 0 bridgehead atoms. The first-order valence-corrected chi connectivity index (χ1v) is 30.7. The number of allylic oxidation sites excluding steroid dienone is 6. The maximum Gasteiger partial charge on any atom is 0.305 e. The summed E-state index contributed by atoms with van der Waals surface area (Å²) in [5, 5.41) is 23.3. The number of aliphatic hydroxyl groups is 2. The smallest absolute Gasteiger partial charge is 0.305 e. The molecule has 69 heavy (non-hydrogen) atoms. The van der Waals surface area contributed by atoms with Crippen LogP contribution in [0.4, 0.5) is 0 Å². The number of esters is 1. The van der Waals surface area contributed by atoms with Crippen molar-refractivity contribution in [2.24, 2.45) is 0 Å². The van der Waals surface area contributed by atoms with Gasteiger partial charge in [-0.3, -0.25) is 9.59 Å². The van der Waals surface area contributed by atoms with Crippen molar-refractivity contribution in [2.45, 2.75) is 341 Å². The molecule has 6 nitrogen and oxygen atoms in total. The quantitative estimate of drug-likeness (QED) is 0.0321. The molecule has 3 N–H and O–H groups in total. The van der Waals surface area contributed by atoms with Crippen LogP contribution in [0.2, 0.25) is 0 Å². The molecule has 2 unspecified atom stereocenters. The standard InChI is InChI=1S/C63H119NO5/c1-3-5-7-9-11-13-15-17-19-27-31-35-39-43-47-51-55-61(66)60(59-65)64-62(67)56-52-48-44-40-36-32-28-25-23-21-22-24-26-30-34-38-42-46-50-54-58-69-63(68)57-53-49-45-41-37-33-29-20-18-16-14-12-10-8-6-4-2/h14,16,20-21,23,29,60-61,65-66H,3-13,15,17-19,22,24-28,30-59H2,1-2H3,(H,64,67)/b16-14-,23-21-,29-20-. The maximum absolute atomic E-state index is 12.5. The first-order chi connectivity index (χ1) is 34.0. The fourth-order valence-corrected chi connectivity index (χ4v) is 9.43. The molecular weight excluding hydrogens is 851 g/mol. The second-order valence-electron chi connectivity index (χ2n) is 21.0. The molecule has 6 heteroatoms. The average molecular weight is 971 g/mol. The predicted molar refractivity (Wildman–Crippen MR) is 301 cm³/mol. The number of nitrogens with one attached hydrogen (secondary N) is 1. The van der Waals surface area contributed by atoms with Gasteiger partial charge >= 0.3 is 5.97 Å². The molecule has 0 aliphatic rings. The highest BCUT2D eigenvalue weighted by Gasteiger charge is 2.20. The van der Waals surface area contributed by atoms with E-state index >= 15 is 0 Å². The molecule has 0 rings (SSSR count). The van der Waals surface area contributed by atoms with Crippen LogP contribution in [-0.4, -0.2) is 47.4 Å². The summed E-state index contributed by atoms with van der Waals surface area (Å²) in [5.41, 5.74) is 0. The van der Waals surface area contributed by atoms with Gasteiger partial charge in [0.1, 0.15) is 0 Å². The number of unbranched alkanes of at least 4 members (excludes halogenated alkanes) is 40. The monoisotopic (exact) mass is 970 g/mol. The molecule has 0 aromatic rings. The summed E-state index contributed by atoms with van der Waals surface area (Å²) in [7, 11) is 0. The van der Waals surface area contributed by atoms with Gasteiger partial charge in [0.25, 0.3) is 0 Å². The molecule has 406 valence electrons. The van der Waals surface area contributed by atoms with Crippen molar-refractivity contribution in [3.8, 4) is 0 Å². The zero-order valence-electron chi connectivity index (χ0n) is 46.3. The maximum atomic E-state index is 12.5. The SMILES string of the molecule is CCCCCC/C=C\C/C=C\CCCCCCCC(=O)OCCCCCCCCCCC/C=C\CCCCCCCCCC(=O)NC(CO)C(O)CCCCCCCCCCCCCCCCCC. The molecule has 0 radical (unpaired) electrons. The zero-order valence-corrected chi connectivity index (χ0v) is 46.3. The first kappa shape index (κ1) is 67.1. The van der Waals surface area contributed by atoms with Gasteiger partial charge < -0.3 is 20.3 Å². The second-order valence-corrected chi connectivity index (χ2v) is 21.0. The van der Waals surface area contributed by atoms with E-state index in [0.717, 1.165) is 51.4 Å². The van der Waals surface area contributed by atoms with Crippen molar-refractivity contribution >= 4 is 11.9 Å². The minimum Gasteiger partial charge on any atom is -0.466 e. The van der Waals surface area contributed by atoms with E-state index in [0.29, 0.717) is 25.9 Å². The Morgan fingerprint density at radius 2 is 0.725 bits per heavy atom. The van der Waals surface area contributed by atoms with Crippen LogP contribution in [-0.2, 0) is 14.3 Å². The average Bonchev–Trinajstić information content (AvgIpc) is 3.35. The largest absolute Gasteiger partial charge is 0.466 e. The molecule has 0 heterocycles. The molecule has 0 saturated carbocycles. The Hall–Kier alpha value is -1.92. The molecule has 0 aromatic carbocycles. The molecule has 2 atom stereocenters. The van der Waals surface area contributed by atoms with Gasteiger partial charge in [0, 0.05) is 12.8 Å². The van der Waals surface area contributed by atoms with Crippen LogP contribution in [0.25, 0.3) is 0 Å². The summed E-state index contributed by atoms with van der Waals surface area (Å²) in [5.74, 6) is -0.0495.